The maximum absolute atomic E-state index is 12.2. The van der Waals surface area contributed by atoms with Crippen LogP contribution in [-0.4, -0.2) is 50.3 Å². The fourth-order valence-corrected chi connectivity index (χ4v) is 3.10. The molecule has 7 nitrogen and oxygen atoms in total. The van der Waals surface area contributed by atoms with Crippen molar-refractivity contribution in [2.45, 2.75) is 4.90 Å². The molecule has 0 saturated heterocycles. The summed E-state index contributed by atoms with van der Waals surface area (Å²) in [4.78, 5) is 22.1. The van der Waals surface area contributed by atoms with Crippen molar-refractivity contribution in [3.05, 3.63) is 27.3 Å². The molecule has 0 saturated carbocycles. The highest BCUT2D eigenvalue weighted by atomic mass is 127. The molecule has 9 heteroatoms. The van der Waals surface area contributed by atoms with Gasteiger partial charge in [-0.25, -0.2) is 13.2 Å². The van der Waals surface area contributed by atoms with Crippen LogP contribution in [0.15, 0.2) is 23.1 Å². The average Bonchev–Trinajstić information content (AvgIpc) is 2.38. The molecule has 0 radical (unpaired) electrons. The second-order valence-electron chi connectivity index (χ2n) is 3.88. The number of amides is 1. The monoisotopic (exact) mass is 412 g/mol. The zero-order valence-electron chi connectivity index (χ0n) is 10.8. The van der Waals surface area contributed by atoms with Gasteiger partial charge in [-0.1, -0.05) is 0 Å². The molecular formula is C11H13IN2O5S. The molecule has 1 aromatic carbocycles. The summed E-state index contributed by atoms with van der Waals surface area (Å²) in [7, 11) is -1.26. The van der Waals surface area contributed by atoms with Crippen LogP contribution in [0.1, 0.15) is 10.4 Å². The van der Waals surface area contributed by atoms with Gasteiger partial charge in [-0.2, -0.15) is 4.31 Å². The van der Waals surface area contributed by atoms with Gasteiger partial charge in [0, 0.05) is 17.7 Å². The van der Waals surface area contributed by atoms with E-state index in [0.717, 1.165) is 10.4 Å². The van der Waals surface area contributed by atoms with E-state index in [4.69, 9.17) is 5.11 Å². The smallest absolute Gasteiger partial charge is 0.336 e. The summed E-state index contributed by atoms with van der Waals surface area (Å²) in [5, 5.41) is 11.3. The van der Waals surface area contributed by atoms with Crippen molar-refractivity contribution in [1.29, 1.82) is 0 Å². The van der Waals surface area contributed by atoms with E-state index in [1.165, 1.54) is 26.2 Å². The lowest BCUT2D eigenvalue weighted by Gasteiger charge is -2.16. The number of carboxylic acid groups (broad SMARTS) is 1. The minimum atomic E-state index is -3.91. The predicted octanol–water partition coefficient (Wildman–Crippen LogP) is 0.356. The van der Waals surface area contributed by atoms with Crippen LogP contribution in [0.4, 0.5) is 0 Å². The zero-order chi connectivity index (χ0) is 15.5. The molecule has 0 heterocycles. The third kappa shape index (κ3) is 3.67. The molecule has 0 bridgehead atoms. The van der Waals surface area contributed by atoms with Gasteiger partial charge in [0.2, 0.25) is 15.9 Å². The van der Waals surface area contributed by atoms with Gasteiger partial charge < -0.3 is 10.4 Å². The molecule has 0 spiro atoms. The van der Waals surface area contributed by atoms with E-state index in [9.17, 15) is 18.0 Å². The number of carboxylic acids is 1. The number of rotatable bonds is 5. The molecule has 0 unspecified atom stereocenters. The molecule has 0 aliphatic heterocycles. The summed E-state index contributed by atoms with van der Waals surface area (Å²) in [6.45, 7) is -0.340. The Bertz CT molecular complexity index is 644. The number of hydrogen-bond donors (Lipinski definition) is 2. The van der Waals surface area contributed by atoms with E-state index in [1.54, 1.807) is 0 Å². The van der Waals surface area contributed by atoms with Crippen LogP contribution >= 0.6 is 22.6 Å². The maximum Gasteiger partial charge on any atom is 0.336 e. The number of likely N-dealkylation sites (N-methyl/N-ethyl adjacent to an activating group) is 2. The van der Waals surface area contributed by atoms with Gasteiger partial charge in [0.15, 0.2) is 0 Å². The molecule has 110 valence electrons. The summed E-state index contributed by atoms with van der Waals surface area (Å²) in [5.41, 5.74) is -0.0972. The number of sulfonamides is 1. The summed E-state index contributed by atoms with van der Waals surface area (Å²) in [6, 6.07) is 3.80. The molecule has 1 rings (SSSR count). The van der Waals surface area contributed by atoms with Crippen molar-refractivity contribution in [2.24, 2.45) is 0 Å². The third-order valence-electron chi connectivity index (χ3n) is 2.52. The first-order chi connectivity index (χ1) is 9.20. The number of benzene rings is 1. The fourth-order valence-electron chi connectivity index (χ4n) is 1.37. The Morgan fingerprint density at radius 3 is 2.50 bits per heavy atom. The number of carbonyl (C=O) groups is 2. The van der Waals surface area contributed by atoms with Crippen molar-refractivity contribution < 1.29 is 23.1 Å². The first-order valence-corrected chi connectivity index (χ1v) is 7.91. The molecule has 0 fully saturated rings. The number of halogens is 1. The molecule has 0 aliphatic rings. The van der Waals surface area contributed by atoms with Crippen LogP contribution in [0, 0.1) is 3.57 Å². The van der Waals surface area contributed by atoms with Crippen LogP contribution in [-0.2, 0) is 14.8 Å². The Morgan fingerprint density at radius 1 is 1.40 bits per heavy atom. The van der Waals surface area contributed by atoms with Gasteiger partial charge in [-0.15, -0.1) is 0 Å². The maximum atomic E-state index is 12.2. The van der Waals surface area contributed by atoms with Gasteiger partial charge in [0.1, 0.15) is 0 Å². The molecule has 2 N–H and O–H groups in total. The summed E-state index contributed by atoms with van der Waals surface area (Å²) < 4.78 is 25.7. The Morgan fingerprint density at radius 2 is 2.00 bits per heavy atom. The lowest BCUT2D eigenvalue weighted by molar-refractivity contribution is -0.120. The molecule has 1 amide bonds. The highest BCUT2D eigenvalue weighted by molar-refractivity contribution is 14.1. The average molecular weight is 412 g/mol. The number of aromatic carboxylic acids is 1. The Balaban J connectivity index is 3.19. The van der Waals surface area contributed by atoms with E-state index in [0.29, 0.717) is 3.57 Å². The van der Waals surface area contributed by atoms with Crippen molar-refractivity contribution in [2.75, 3.05) is 20.6 Å². The van der Waals surface area contributed by atoms with E-state index in [1.807, 2.05) is 22.6 Å². The SMILES string of the molecule is CNC(=O)CN(C)S(=O)(=O)c1ccc(I)c(C(=O)O)c1. The van der Waals surface area contributed by atoms with Crippen LogP contribution in [0.2, 0.25) is 0 Å². The fraction of sp³-hybridized carbons (Fsp3) is 0.273. The first-order valence-electron chi connectivity index (χ1n) is 5.40. The van der Waals surface area contributed by atoms with Gasteiger partial charge >= 0.3 is 5.97 Å². The number of hydrogen-bond acceptors (Lipinski definition) is 4. The zero-order valence-corrected chi connectivity index (χ0v) is 13.7. The molecular weight excluding hydrogens is 399 g/mol. The predicted molar refractivity (Wildman–Crippen MR) is 80.0 cm³/mol. The summed E-state index contributed by atoms with van der Waals surface area (Å²) >= 11 is 1.81. The van der Waals surface area contributed by atoms with Crippen molar-refractivity contribution in [1.82, 2.24) is 9.62 Å². The standard InChI is InChI=1S/C11H13IN2O5S/c1-13-10(15)6-14(2)20(18,19)7-3-4-9(12)8(5-7)11(16)17/h3-5H,6H2,1-2H3,(H,13,15)(H,16,17). The normalized spacial score (nSPS) is 11.4. The number of carbonyl (C=O) groups excluding carboxylic acids is 1. The largest absolute Gasteiger partial charge is 0.478 e. The van der Waals surface area contributed by atoms with E-state index in [2.05, 4.69) is 5.32 Å². The summed E-state index contributed by atoms with van der Waals surface area (Å²) in [5.74, 6) is -1.67. The van der Waals surface area contributed by atoms with Gasteiger partial charge in [0.25, 0.3) is 0 Å². The second kappa shape index (κ2) is 6.50. The highest BCUT2D eigenvalue weighted by Gasteiger charge is 2.24. The highest BCUT2D eigenvalue weighted by Crippen LogP contribution is 2.20. The third-order valence-corrected chi connectivity index (χ3v) is 5.26. The molecule has 20 heavy (non-hydrogen) atoms. The van der Waals surface area contributed by atoms with E-state index >= 15 is 0 Å². The van der Waals surface area contributed by atoms with Crippen LogP contribution in [0.3, 0.4) is 0 Å². The molecule has 0 aromatic heterocycles. The molecule has 0 atom stereocenters. The van der Waals surface area contributed by atoms with Gasteiger partial charge in [-0.3, -0.25) is 4.79 Å². The number of nitrogens with one attached hydrogen (secondary N) is 1. The van der Waals surface area contributed by atoms with Crippen molar-refractivity contribution in [3.63, 3.8) is 0 Å². The lowest BCUT2D eigenvalue weighted by atomic mass is 10.2. The first kappa shape index (κ1) is 16.9. The Kier molecular flexibility index (Phi) is 5.48. The van der Waals surface area contributed by atoms with E-state index in [-0.39, 0.29) is 17.0 Å². The van der Waals surface area contributed by atoms with Crippen LogP contribution < -0.4 is 5.32 Å². The second-order valence-corrected chi connectivity index (χ2v) is 7.09. The lowest BCUT2D eigenvalue weighted by Crippen LogP contribution is -2.36. The Labute approximate surface area is 130 Å². The quantitative estimate of drug-likeness (QED) is 0.680. The number of nitrogens with zero attached hydrogens (tertiary/aromatic N) is 1. The van der Waals surface area contributed by atoms with E-state index < -0.39 is 21.9 Å². The molecule has 1 aromatic rings. The van der Waals surface area contributed by atoms with Gasteiger partial charge in [-0.05, 0) is 40.8 Å². The van der Waals surface area contributed by atoms with Crippen molar-refractivity contribution >= 4 is 44.5 Å². The topological polar surface area (TPSA) is 104 Å². The Hall–Kier alpha value is -1.20. The van der Waals surface area contributed by atoms with Crippen LogP contribution in [0.25, 0.3) is 0 Å². The van der Waals surface area contributed by atoms with Crippen LogP contribution in [0.5, 0.6) is 0 Å². The summed E-state index contributed by atoms with van der Waals surface area (Å²) in [6.07, 6.45) is 0. The van der Waals surface area contributed by atoms with Crippen molar-refractivity contribution in [3.8, 4) is 0 Å². The molecule has 0 aliphatic carbocycles. The van der Waals surface area contributed by atoms with Gasteiger partial charge in [0.05, 0.1) is 17.0 Å². The minimum absolute atomic E-state index is 0.0972. The minimum Gasteiger partial charge on any atom is -0.478 e.